The van der Waals surface area contributed by atoms with E-state index in [0.29, 0.717) is 12.4 Å². The summed E-state index contributed by atoms with van der Waals surface area (Å²) in [6, 6.07) is 10.5. The van der Waals surface area contributed by atoms with Crippen LogP contribution in [0.1, 0.15) is 5.56 Å². The second-order valence-electron chi connectivity index (χ2n) is 8.62. The second kappa shape index (κ2) is 9.60. The summed E-state index contributed by atoms with van der Waals surface area (Å²) in [5.41, 5.74) is 2.72. The van der Waals surface area contributed by atoms with Gasteiger partial charge in [-0.15, -0.1) is 0 Å². The molecular formula is C21H26N6O3SSi. The van der Waals surface area contributed by atoms with Crippen molar-refractivity contribution in [1.29, 1.82) is 5.26 Å². The van der Waals surface area contributed by atoms with Crippen LogP contribution in [0.3, 0.4) is 0 Å². The van der Waals surface area contributed by atoms with Crippen molar-refractivity contribution < 1.29 is 13.2 Å². The molecule has 168 valence electrons. The van der Waals surface area contributed by atoms with E-state index in [2.05, 4.69) is 40.0 Å². The standard InChI is InChI=1S/C21H26N6O3SSi/c1-31(28,29)21-23-12-17(11-22)20(26-21)25-19-7-5-16(6-8-19)18-13-24-27(14-18)15-30-9-10-32(2,3)4/h5-8,12-14H,9-10,15H2,1-4H3,(H,23,25,26). The van der Waals surface area contributed by atoms with Crippen LogP contribution in [-0.2, 0) is 21.3 Å². The Hall–Kier alpha value is -3.07. The largest absolute Gasteiger partial charge is 0.360 e. The SMILES string of the molecule is C[Si](C)(C)CCOCn1cc(-c2ccc(Nc3nc(S(C)(=O)=O)ncc3C#N)cc2)cn1. The van der Waals surface area contributed by atoms with Gasteiger partial charge in [-0.3, -0.25) is 0 Å². The van der Waals surface area contributed by atoms with E-state index in [1.54, 1.807) is 10.9 Å². The first-order valence-electron chi connectivity index (χ1n) is 10.00. The maximum atomic E-state index is 11.7. The number of rotatable bonds is 9. The zero-order chi connectivity index (χ0) is 23.4. The summed E-state index contributed by atoms with van der Waals surface area (Å²) >= 11 is 0. The van der Waals surface area contributed by atoms with Gasteiger partial charge in [0.1, 0.15) is 18.4 Å². The van der Waals surface area contributed by atoms with E-state index in [1.807, 2.05) is 36.5 Å². The Morgan fingerprint density at radius 1 is 1.16 bits per heavy atom. The van der Waals surface area contributed by atoms with Crippen LogP contribution in [0.25, 0.3) is 11.1 Å². The fourth-order valence-corrected chi connectivity index (χ4v) is 3.98. The quantitative estimate of drug-likeness (QED) is 0.285. The van der Waals surface area contributed by atoms with Gasteiger partial charge in [-0.1, -0.05) is 31.8 Å². The fraction of sp³-hybridized carbons (Fsp3) is 0.333. The summed E-state index contributed by atoms with van der Waals surface area (Å²) in [5, 5.41) is 16.3. The molecule has 2 aromatic heterocycles. The zero-order valence-electron chi connectivity index (χ0n) is 18.5. The molecule has 0 saturated heterocycles. The maximum absolute atomic E-state index is 11.7. The molecule has 0 radical (unpaired) electrons. The minimum atomic E-state index is -3.59. The molecule has 0 aliphatic heterocycles. The van der Waals surface area contributed by atoms with Gasteiger partial charge in [0.05, 0.1) is 12.4 Å². The molecule has 0 unspecified atom stereocenters. The molecule has 0 saturated carbocycles. The highest BCUT2D eigenvalue weighted by atomic mass is 32.2. The van der Waals surface area contributed by atoms with Crippen molar-refractivity contribution in [3.05, 3.63) is 48.4 Å². The van der Waals surface area contributed by atoms with Crippen LogP contribution in [0.5, 0.6) is 0 Å². The first-order valence-corrected chi connectivity index (χ1v) is 15.6. The molecule has 2 heterocycles. The monoisotopic (exact) mass is 470 g/mol. The van der Waals surface area contributed by atoms with Gasteiger partial charge in [-0.05, 0) is 23.7 Å². The molecule has 9 nitrogen and oxygen atoms in total. The van der Waals surface area contributed by atoms with Crippen LogP contribution >= 0.6 is 0 Å². The smallest absolute Gasteiger partial charge is 0.248 e. The number of nitrogens with one attached hydrogen (secondary N) is 1. The Balaban J connectivity index is 1.68. The summed E-state index contributed by atoms with van der Waals surface area (Å²) in [4.78, 5) is 7.73. The molecule has 0 bridgehead atoms. The van der Waals surface area contributed by atoms with Crippen LogP contribution in [0.15, 0.2) is 48.0 Å². The average Bonchev–Trinajstić information content (AvgIpc) is 3.19. The predicted octanol–water partition coefficient (Wildman–Crippen LogP) is 3.67. The molecule has 0 fully saturated rings. The summed E-state index contributed by atoms with van der Waals surface area (Å²) in [5.74, 6) is 0.138. The summed E-state index contributed by atoms with van der Waals surface area (Å²) in [7, 11) is -4.70. The molecular weight excluding hydrogens is 444 g/mol. The van der Waals surface area contributed by atoms with Crippen molar-refractivity contribution in [1.82, 2.24) is 19.7 Å². The first kappa shape index (κ1) is 23.6. The van der Waals surface area contributed by atoms with E-state index in [-0.39, 0.29) is 16.5 Å². The van der Waals surface area contributed by atoms with E-state index in [4.69, 9.17) is 4.74 Å². The maximum Gasteiger partial charge on any atom is 0.248 e. The predicted molar refractivity (Wildman–Crippen MR) is 125 cm³/mol. The number of hydrogen-bond donors (Lipinski definition) is 1. The van der Waals surface area contributed by atoms with Crippen LogP contribution < -0.4 is 5.32 Å². The molecule has 0 aliphatic carbocycles. The lowest BCUT2D eigenvalue weighted by Gasteiger charge is -2.15. The van der Waals surface area contributed by atoms with E-state index in [1.165, 1.54) is 6.20 Å². The minimum absolute atomic E-state index is 0.138. The zero-order valence-corrected chi connectivity index (χ0v) is 20.3. The van der Waals surface area contributed by atoms with Crippen LogP contribution in [0.2, 0.25) is 25.7 Å². The van der Waals surface area contributed by atoms with Gasteiger partial charge in [0, 0.05) is 38.4 Å². The number of aromatic nitrogens is 4. The van der Waals surface area contributed by atoms with Crippen LogP contribution in [0.4, 0.5) is 11.5 Å². The van der Waals surface area contributed by atoms with Crippen molar-refractivity contribution in [3.8, 4) is 17.2 Å². The lowest BCUT2D eigenvalue weighted by Crippen LogP contribution is -2.22. The molecule has 0 atom stereocenters. The van der Waals surface area contributed by atoms with Crippen molar-refractivity contribution >= 4 is 29.4 Å². The Bertz CT molecular complexity index is 1230. The van der Waals surface area contributed by atoms with Gasteiger partial charge in [-0.25, -0.2) is 18.1 Å². The van der Waals surface area contributed by atoms with Crippen molar-refractivity contribution in [2.45, 2.75) is 37.6 Å². The number of hydrogen-bond acceptors (Lipinski definition) is 8. The number of nitriles is 1. The van der Waals surface area contributed by atoms with Gasteiger partial charge in [0.2, 0.25) is 15.0 Å². The van der Waals surface area contributed by atoms with Gasteiger partial charge in [0.25, 0.3) is 0 Å². The van der Waals surface area contributed by atoms with E-state index in [0.717, 1.165) is 30.0 Å². The molecule has 0 amide bonds. The highest BCUT2D eigenvalue weighted by molar-refractivity contribution is 7.90. The van der Waals surface area contributed by atoms with Gasteiger partial charge < -0.3 is 10.1 Å². The Kier molecular flexibility index (Phi) is 7.08. The van der Waals surface area contributed by atoms with E-state index in [9.17, 15) is 13.7 Å². The first-order chi connectivity index (χ1) is 15.0. The lowest BCUT2D eigenvalue weighted by atomic mass is 10.1. The highest BCUT2D eigenvalue weighted by Gasteiger charge is 2.15. The Labute approximate surface area is 189 Å². The van der Waals surface area contributed by atoms with Crippen LogP contribution in [-0.4, -0.2) is 49.1 Å². The van der Waals surface area contributed by atoms with Crippen LogP contribution in [0, 0.1) is 11.3 Å². The molecule has 0 spiro atoms. The molecule has 32 heavy (non-hydrogen) atoms. The summed E-state index contributed by atoms with van der Waals surface area (Å²) in [6.07, 6.45) is 5.92. The third-order valence-electron chi connectivity index (χ3n) is 4.55. The van der Waals surface area contributed by atoms with Gasteiger partial charge in [-0.2, -0.15) is 15.3 Å². The molecule has 3 rings (SSSR count). The second-order valence-corrected chi connectivity index (χ2v) is 16.1. The molecule has 0 aliphatic rings. The number of sulfone groups is 1. The molecule has 1 aromatic carbocycles. The third kappa shape index (κ3) is 6.46. The number of nitrogens with zero attached hydrogens (tertiary/aromatic N) is 5. The topological polar surface area (TPSA) is 123 Å². The Morgan fingerprint density at radius 3 is 2.50 bits per heavy atom. The molecule has 3 aromatic rings. The minimum Gasteiger partial charge on any atom is -0.360 e. The van der Waals surface area contributed by atoms with Gasteiger partial charge >= 0.3 is 0 Å². The number of ether oxygens (including phenoxy) is 1. The molecule has 1 N–H and O–H groups in total. The third-order valence-corrected chi connectivity index (χ3v) is 7.12. The molecule has 11 heteroatoms. The van der Waals surface area contributed by atoms with E-state index >= 15 is 0 Å². The van der Waals surface area contributed by atoms with Crippen molar-refractivity contribution in [2.24, 2.45) is 0 Å². The Morgan fingerprint density at radius 2 is 1.88 bits per heavy atom. The number of benzene rings is 1. The van der Waals surface area contributed by atoms with Gasteiger partial charge in [0.15, 0.2) is 5.82 Å². The highest BCUT2D eigenvalue weighted by Crippen LogP contribution is 2.24. The van der Waals surface area contributed by atoms with Crippen molar-refractivity contribution in [3.63, 3.8) is 0 Å². The summed E-state index contributed by atoms with van der Waals surface area (Å²) in [6.45, 7) is 8.10. The average molecular weight is 471 g/mol. The normalized spacial score (nSPS) is 11.8. The number of anilines is 2. The summed E-state index contributed by atoms with van der Waals surface area (Å²) < 4.78 is 30.9. The van der Waals surface area contributed by atoms with E-state index < -0.39 is 17.9 Å². The lowest BCUT2D eigenvalue weighted by molar-refractivity contribution is 0.0786. The fourth-order valence-electron chi connectivity index (χ4n) is 2.72. The van der Waals surface area contributed by atoms with Crippen molar-refractivity contribution in [2.75, 3.05) is 18.2 Å².